The van der Waals surface area contributed by atoms with E-state index in [1.165, 1.54) is 18.2 Å². The molecule has 0 aromatic heterocycles. The van der Waals surface area contributed by atoms with Gasteiger partial charge in [0.15, 0.2) is 0 Å². The Bertz CT molecular complexity index is 406. The second-order valence-corrected chi connectivity index (χ2v) is 4.00. The van der Waals surface area contributed by atoms with E-state index in [2.05, 4.69) is 5.32 Å². The Morgan fingerprint density at radius 3 is 2.76 bits per heavy atom. The highest BCUT2D eigenvalue weighted by atomic mass is 35.5. The van der Waals surface area contributed by atoms with E-state index in [4.69, 9.17) is 0 Å². The van der Waals surface area contributed by atoms with Crippen LogP contribution in [-0.2, 0) is 0 Å². The minimum atomic E-state index is -0.439. The molecule has 2 N–H and O–H groups in total. The third kappa shape index (κ3) is 3.08. The summed E-state index contributed by atoms with van der Waals surface area (Å²) in [6.45, 7) is 0.896. The molecule has 94 valence electrons. The maximum atomic E-state index is 10.7. The lowest BCUT2D eigenvalue weighted by Gasteiger charge is -2.24. The number of nitrogens with one attached hydrogen (secondary N) is 1. The third-order valence-electron chi connectivity index (χ3n) is 2.91. The van der Waals surface area contributed by atoms with Crippen LogP contribution in [0.5, 0.6) is 5.75 Å². The smallest absolute Gasteiger partial charge is 0.270 e. The van der Waals surface area contributed by atoms with Crippen LogP contribution in [0.4, 0.5) is 5.69 Å². The van der Waals surface area contributed by atoms with E-state index in [-0.39, 0.29) is 29.9 Å². The molecule has 1 atom stereocenters. The van der Waals surface area contributed by atoms with E-state index in [0.717, 1.165) is 25.8 Å². The van der Waals surface area contributed by atoms with E-state index >= 15 is 0 Å². The van der Waals surface area contributed by atoms with Crippen LogP contribution in [0.1, 0.15) is 30.9 Å². The third-order valence-corrected chi connectivity index (χ3v) is 2.91. The number of phenols is 1. The van der Waals surface area contributed by atoms with Crippen LogP contribution >= 0.6 is 12.4 Å². The highest BCUT2D eigenvalue weighted by Crippen LogP contribution is 2.32. The summed E-state index contributed by atoms with van der Waals surface area (Å²) in [5, 5.41) is 23.6. The quantitative estimate of drug-likeness (QED) is 0.631. The van der Waals surface area contributed by atoms with Crippen molar-refractivity contribution in [2.24, 2.45) is 0 Å². The SMILES string of the molecule is Cl.O=[N+]([O-])c1ccc(O)c([C@@H]2CCCCN2)c1. The van der Waals surface area contributed by atoms with Gasteiger partial charge in [-0.05, 0) is 25.5 Å². The fraction of sp³-hybridized carbons (Fsp3) is 0.455. The number of nitro benzene ring substituents is 1. The lowest BCUT2D eigenvalue weighted by atomic mass is 9.96. The van der Waals surface area contributed by atoms with Crippen LogP contribution in [0.2, 0.25) is 0 Å². The Morgan fingerprint density at radius 2 is 2.18 bits per heavy atom. The highest BCUT2D eigenvalue weighted by Gasteiger charge is 2.20. The number of non-ortho nitro benzene ring substituents is 1. The van der Waals surface area contributed by atoms with E-state index < -0.39 is 4.92 Å². The summed E-state index contributed by atoms with van der Waals surface area (Å²) in [4.78, 5) is 10.2. The minimum absolute atomic E-state index is 0. The number of benzene rings is 1. The molecule has 5 nitrogen and oxygen atoms in total. The number of nitro groups is 1. The lowest BCUT2D eigenvalue weighted by Crippen LogP contribution is -2.26. The number of halogens is 1. The van der Waals surface area contributed by atoms with Crippen LogP contribution in [0.3, 0.4) is 0 Å². The van der Waals surface area contributed by atoms with Crippen LogP contribution in [0.25, 0.3) is 0 Å². The lowest BCUT2D eigenvalue weighted by molar-refractivity contribution is -0.385. The zero-order valence-corrected chi connectivity index (χ0v) is 10.1. The Hall–Kier alpha value is -1.33. The zero-order valence-electron chi connectivity index (χ0n) is 9.26. The zero-order chi connectivity index (χ0) is 11.5. The number of aromatic hydroxyl groups is 1. The molecular formula is C11H15ClN2O3. The summed E-state index contributed by atoms with van der Waals surface area (Å²) in [6.07, 6.45) is 3.11. The molecule has 1 aromatic carbocycles. The molecule has 1 aliphatic heterocycles. The van der Waals surface area contributed by atoms with Crippen molar-refractivity contribution < 1.29 is 10.0 Å². The van der Waals surface area contributed by atoms with Gasteiger partial charge < -0.3 is 10.4 Å². The summed E-state index contributed by atoms with van der Waals surface area (Å²) in [6, 6.07) is 4.21. The van der Waals surface area contributed by atoms with E-state index in [1.807, 2.05) is 0 Å². The predicted molar refractivity (Wildman–Crippen MR) is 66.6 cm³/mol. The molecule has 0 amide bonds. The van der Waals surface area contributed by atoms with Gasteiger partial charge in [-0.15, -0.1) is 12.4 Å². The van der Waals surface area contributed by atoms with Crippen molar-refractivity contribution in [3.05, 3.63) is 33.9 Å². The number of nitrogens with zero attached hydrogens (tertiary/aromatic N) is 1. The average molecular weight is 259 g/mol. The van der Waals surface area contributed by atoms with Gasteiger partial charge in [0.05, 0.1) is 4.92 Å². The number of rotatable bonds is 2. The molecule has 17 heavy (non-hydrogen) atoms. The molecule has 2 rings (SSSR count). The predicted octanol–water partition coefficient (Wildman–Crippen LogP) is 2.54. The first-order valence-corrected chi connectivity index (χ1v) is 5.39. The largest absolute Gasteiger partial charge is 0.508 e. The Labute approximate surface area is 105 Å². The molecule has 1 aliphatic rings. The van der Waals surface area contributed by atoms with Gasteiger partial charge in [-0.2, -0.15) is 0 Å². The van der Waals surface area contributed by atoms with E-state index in [1.54, 1.807) is 0 Å². The summed E-state index contributed by atoms with van der Waals surface area (Å²) < 4.78 is 0. The fourth-order valence-corrected chi connectivity index (χ4v) is 2.05. The van der Waals surface area contributed by atoms with Gasteiger partial charge in [0.2, 0.25) is 0 Å². The van der Waals surface area contributed by atoms with Crippen LogP contribution in [0, 0.1) is 10.1 Å². The van der Waals surface area contributed by atoms with Gasteiger partial charge in [0.1, 0.15) is 5.75 Å². The van der Waals surface area contributed by atoms with Gasteiger partial charge in [-0.25, -0.2) is 0 Å². The van der Waals surface area contributed by atoms with Crippen LogP contribution in [-0.4, -0.2) is 16.6 Å². The maximum absolute atomic E-state index is 10.7. The van der Waals surface area contributed by atoms with Crippen molar-refractivity contribution in [1.29, 1.82) is 0 Å². The summed E-state index contributed by atoms with van der Waals surface area (Å²) in [7, 11) is 0. The molecule has 1 heterocycles. The highest BCUT2D eigenvalue weighted by molar-refractivity contribution is 5.85. The molecule has 1 fully saturated rings. The standard InChI is InChI=1S/C11H14N2O3.ClH/c14-11-5-4-8(13(15)16)7-9(11)10-3-1-2-6-12-10;/h4-5,7,10,12,14H,1-3,6H2;1H/t10-;/m0./s1. The normalized spacial score (nSPS) is 19.4. The first-order valence-electron chi connectivity index (χ1n) is 5.39. The molecule has 0 spiro atoms. The Morgan fingerprint density at radius 1 is 1.41 bits per heavy atom. The van der Waals surface area contributed by atoms with Gasteiger partial charge >= 0.3 is 0 Å². The number of hydrogen-bond acceptors (Lipinski definition) is 4. The van der Waals surface area contributed by atoms with Crippen LogP contribution < -0.4 is 5.32 Å². The van der Waals surface area contributed by atoms with Crippen molar-refractivity contribution in [3.63, 3.8) is 0 Å². The molecular weight excluding hydrogens is 244 g/mol. The van der Waals surface area contributed by atoms with Gasteiger partial charge in [-0.1, -0.05) is 6.42 Å². The molecule has 0 unspecified atom stereocenters. The van der Waals surface area contributed by atoms with E-state index in [9.17, 15) is 15.2 Å². The van der Waals surface area contributed by atoms with Crippen molar-refractivity contribution in [3.8, 4) is 5.75 Å². The fourth-order valence-electron chi connectivity index (χ4n) is 2.05. The molecule has 0 aliphatic carbocycles. The first-order chi connectivity index (χ1) is 7.68. The topological polar surface area (TPSA) is 75.4 Å². The monoisotopic (exact) mass is 258 g/mol. The molecule has 1 saturated heterocycles. The molecule has 0 bridgehead atoms. The minimum Gasteiger partial charge on any atom is -0.508 e. The number of hydrogen-bond donors (Lipinski definition) is 2. The van der Waals surface area contributed by atoms with Gasteiger partial charge in [-0.3, -0.25) is 10.1 Å². The number of phenolic OH excluding ortho intramolecular Hbond substituents is 1. The first kappa shape index (κ1) is 13.7. The molecule has 1 aromatic rings. The van der Waals surface area contributed by atoms with Crippen LogP contribution in [0.15, 0.2) is 18.2 Å². The number of piperidine rings is 1. The molecule has 6 heteroatoms. The second kappa shape index (κ2) is 5.84. The Balaban J connectivity index is 0.00000144. The molecule has 0 saturated carbocycles. The van der Waals surface area contributed by atoms with E-state index in [0.29, 0.717) is 5.56 Å². The summed E-state index contributed by atoms with van der Waals surface area (Å²) >= 11 is 0. The van der Waals surface area contributed by atoms with Gasteiger partial charge in [0.25, 0.3) is 5.69 Å². The maximum Gasteiger partial charge on any atom is 0.270 e. The second-order valence-electron chi connectivity index (χ2n) is 4.00. The van der Waals surface area contributed by atoms with Crippen molar-refractivity contribution >= 4 is 18.1 Å². The average Bonchev–Trinajstić information content (AvgIpc) is 2.30. The van der Waals surface area contributed by atoms with Crippen molar-refractivity contribution in [1.82, 2.24) is 5.32 Å². The van der Waals surface area contributed by atoms with Crippen molar-refractivity contribution in [2.45, 2.75) is 25.3 Å². The Kier molecular flexibility index (Phi) is 4.72. The summed E-state index contributed by atoms with van der Waals surface area (Å²) in [5.41, 5.74) is 0.661. The molecule has 0 radical (unpaired) electrons. The summed E-state index contributed by atoms with van der Waals surface area (Å²) in [5.74, 6) is 0.130. The van der Waals surface area contributed by atoms with Gasteiger partial charge in [0, 0.05) is 23.7 Å². The van der Waals surface area contributed by atoms with Crippen molar-refractivity contribution in [2.75, 3.05) is 6.54 Å².